The number of benzene rings is 1. The summed E-state index contributed by atoms with van der Waals surface area (Å²) < 4.78 is 38.5. The van der Waals surface area contributed by atoms with Crippen LogP contribution in [0.25, 0.3) is 0 Å². The van der Waals surface area contributed by atoms with Crippen LogP contribution in [-0.2, 0) is 4.79 Å². The summed E-state index contributed by atoms with van der Waals surface area (Å²) in [6, 6.07) is 7.37. The average Bonchev–Trinajstić information content (AvgIpc) is 2.65. The number of carbonyl (C=O) groups is 1. The van der Waals surface area contributed by atoms with Crippen LogP contribution in [-0.4, -0.2) is 49.5 Å². The molecular formula is C16H18F3N3O. The maximum absolute atomic E-state index is 12.8. The first-order chi connectivity index (χ1) is 10.9. The molecule has 0 aliphatic carbocycles. The van der Waals surface area contributed by atoms with E-state index in [2.05, 4.69) is 4.99 Å². The first-order valence-corrected chi connectivity index (χ1v) is 7.60. The molecular weight excluding hydrogens is 307 g/mol. The molecule has 1 saturated heterocycles. The molecule has 0 N–H and O–H groups in total. The summed E-state index contributed by atoms with van der Waals surface area (Å²) in [5, 5.41) is 0. The largest absolute Gasteiger partial charge is 0.391 e. The van der Waals surface area contributed by atoms with E-state index in [0.29, 0.717) is 18.9 Å². The number of para-hydroxylation sites is 1. The quantitative estimate of drug-likeness (QED) is 0.735. The van der Waals surface area contributed by atoms with Gasteiger partial charge in [0.2, 0.25) is 5.91 Å². The number of aliphatic imine (C=N–C) groups is 1. The molecule has 23 heavy (non-hydrogen) atoms. The van der Waals surface area contributed by atoms with Crippen LogP contribution in [0.3, 0.4) is 0 Å². The van der Waals surface area contributed by atoms with E-state index in [-0.39, 0.29) is 25.3 Å². The van der Waals surface area contributed by atoms with Crippen molar-refractivity contribution >= 4 is 17.4 Å². The predicted molar refractivity (Wildman–Crippen MR) is 81.6 cm³/mol. The van der Waals surface area contributed by atoms with Gasteiger partial charge < -0.3 is 9.80 Å². The molecule has 1 aromatic rings. The van der Waals surface area contributed by atoms with E-state index in [1.54, 1.807) is 11.9 Å². The second-order valence-electron chi connectivity index (χ2n) is 5.91. The predicted octanol–water partition coefficient (Wildman–Crippen LogP) is 2.68. The van der Waals surface area contributed by atoms with Crippen molar-refractivity contribution in [3.63, 3.8) is 0 Å². The van der Waals surface area contributed by atoms with E-state index in [1.165, 1.54) is 0 Å². The number of hydrogen-bond acceptors (Lipinski definition) is 3. The molecule has 0 spiro atoms. The van der Waals surface area contributed by atoms with E-state index >= 15 is 0 Å². The molecule has 0 aromatic heterocycles. The maximum Gasteiger partial charge on any atom is 0.391 e. The lowest BCUT2D eigenvalue weighted by molar-refractivity contribution is -0.183. The second-order valence-corrected chi connectivity index (χ2v) is 5.91. The maximum atomic E-state index is 12.8. The highest BCUT2D eigenvalue weighted by Crippen LogP contribution is 2.35. The van der Waals surface area contributed by atoms with E-state index in [4.69, 9.17) is 0 Å². The number of piperidine rings is 1. The molecule has 0 unspecified atom stereocenters. The van der Waals surface area contributed by atoms with Gasteiger partial charge in [-0.1, -0.05) is 12.1 Å². The fraction of sp³-hybridized carbons (Fsp3) is 0.500. The molecule has 3 rings (SSSR count). The Bertz CT molecular complexity index is 634. The Labute approximate surface area is 132 Å². The van der Waals surface area contributed by atoms with Crippen LogP contribution >= 0.6 is 0 Å². The lowest BCUT2D eigenvalue weighted by Gasteiger charge is -2.35. The molecule has 4 nitrogen and oxygen atoms in total. The molecule has 2 heterocycles. The Balaban J connectivity index is 1.86. The zero-order chi connectivity index (χ0) is 16.6. The lowest BCUT2D eigenvalue weighted by atomic mass is 9.95. The number of benzodiazepines with no additional fused rings is 1. The second kappa shape index (κ2) is 5.86. The first kappa shape index (κ1) is 15.8. The van der Waals surface area contributed by atoms with Crippen molar-refractivity contribution in [3.8, 4) is 0 Å². The van der Waals surface area contributed by atoms with E-state index in [0.717, 1.165) is 11.3 Å². The molecule has 0 saturated carbocycles. The Morgan fingerprint density at radius 3 is 2.48 bits per heavy atom. The van der Waals surface area contributed by atoms with Crippen LogP contribution in [0.4, 0.5) is 18.9 Å². The van der Waals surface area contributed by atoms with Crippen LogP contribution in [0.5, 0.6) is 0 Å². The van der Waals surface area contributed by atoms with Crippen LogP contribution in [0.15, 0.2) is 29.3 Å². The molecule has 7 heteroatoms. The fourth-order valence-corrected chi connectivity index (χ4v) is 3.11. The van der Waals surface area contributed by atoms with Crippen LogP contribution in [0.2, 0.25) is 0 Å². The number of halogens is 3. The van der Waals surface area contributed by atoms with Crippen molar-refractivity contribution in [1.82, 2.24) is 4.90 Å². The topological polar surface area (TPSA) is 35.9 Å². The summed E-state index contributed by atoms with van der Waals surface area (Å²) in [5.74, 6) is -0.749. The van der Waals surface area contributed by atoms with Gasteiger partial charge in [-0.05, 0) is 25.0 Å². The minimum atomic E-state index is -4.13. The number of fused-ring (bicyclic) bond motifs is 1. The van der Waals surface area contributed by atoms with Crippen LogP contribution < -0.4 is 4.90 Å². The summed E-state index contributed by atoms with van der Waals surface area (Å²) >= 11 is 0. The number of alkyl halides is 3. The van der Waals surface area contributed by atoms with Gasteiger partial charge in [0.15, 0.2) is 0 Å². The summed E-state index contributed by atoms with van der Waals surface area (Å²) in [6.07, 6.45) is -4.01. The monoisotopic (exact) mass is 325 g/mol. The molecule has 2 aliphatic heterocycles. The van der Waals surface area contributed by atoms with Gasteiger partial charge in [0.05, 0.1) is 11.6 Å². The number of amides is 1. The SMILES string of the molecule is CN1C(=O)CN=C(N2CCC(C(F)(F)F)CC2)c2ccccc21. The Hall–Kier alpha value is -2.05. The van der Waals surface area contributed by atoms with Crippen molar-refractivity contribution in [2.24, 2.45) is 10.9 Å². The van der Waals surface area contributed by atoms with Gasteiger partial charge in [0.25, 0.3) is 0 Å². The minimum absolute atomic E-state index is 0.0136. The highest BCUT2D eigenvalue weighted by atomic mass is 19.4. The molecule has 0 radical (unpaired) electrons. The number of rotatable bonds is 0. The van der Waals surface area contributed by atoms with Crippen LogP contribution in [0, 0.1) is 5.92 Å². The third kappa shape index (κ3) is 3.04. The minimum Gasteiger partial charge on any atom is -0.356 e. The van der Waals surface area contributed by atoms with E-state index in [1.807, 2.05) is 29.2 Å². The standard InChI is InChI=1S/C16H18F3N3O/c1-21-13-5-3-2-4-12(13)15(20-10-14(21)23)22-8-6-11(7-9-22)16(17,18)19/h2-5,11H,6-10H2,1H3. The fourth-order valence-electron chi connectivity index (χ4n) is 3.11. The van der Waals surface area contributed by atoms with Gasteiger partial charge in [0.1, 0.15) is 12.4 Å². The van der Waals surface area contributed by atoms with Gasteiger partial charge in [-0.15, -0.1) is 0 Å². The molecule has 124 valence electrons. The third-order valence-corrected chi connectivity index (χ3v) is 4.50. The van der Waals surface area contributed by atoms with E-state index < -0.39 is 12.1 Å². The number of carbonyl (C=O) groups excluding carboxylic acids is 1. The Morgan fingerprint density at radius 1 is 1.17 bits per heavy atom. The zero-order valence-electron chi connectivity index (χ0n) is 12.8. The van der Waals surface area contributed by atoms with Crippen molar-refractivity contribution in [3.05, 3.63) is 29.8 Å². The highest BCUT2D eigenvalue weighted by Gasteiger charge is 2.41. The van der Waals surface area contributed by atoms with Crippen molar-refractivity contribution in [1.29, 1.82) is 0 Å². The number of hydrogen-bond donors (Lipinski definition) is 0. The summed E-state index contributed by atoms with van der Waals surface area (Å²) in [7, 11) is 1.69. The Morgan fingerprint density at radius 2 is 1.83 bits per heavy atom. The van der Waals surface area contributed by atoms with Gasteiger partial charge in [-0.2, -0.15) is 13.2 Å². The first-order valence-electron chi connectivity index (χ1n) is 7.60. The van der Waals surface area contributed by atoms with Crippen molar-refractivity contribution in [2.75, 3.05) is 31.6 Å². The number of likely N-dealkylation sites (tertiary alicyclic amines) is 1. The normalized spacial score (nSPS) is 20.2. The molecule has 0 bridgehead atoms. The smallest absolute Gasteiger partial charge is 0.356 e. The zero-order valence-corrected chi connectivity index (χ0v) is 12.8. The third-order valence-electron chi connectivity index (χ3n) is 4.50. The van der Waals surface area contributed by atoms with Gasteiger partial charge in [0, 0.05) is 25.7 Å². The number of amidine groups is 1. The van der Waals surface area contributed by atoms with Crippen molar-refractivity contribution in [2.45, 2.75) is 19.0 Å². The van der Waals surface area contributed by atoms with Gasteiger partial charge in [-0.3, -0.25) is 9.79 Å². The number of likely N-dealkylation sites (N-methyl/N-ethyl adjacent to an activating group) is 1. The highest BCUT2D eigenvalue weighted by molar-refractivity contribution is 6.10. The lowest BCUT2D eigenvalue weighted by Crippen LogP contribution is -2.42. The van der Waals surface area contributed by atoms with Crippen molar-refractivity contribution < 1.29 is 18.0 Å². The summed E-state index contributed by atoms with van der Waals surface area (Å²) in [6.45, 7) is 0.615. The summed E-state index contributed by atoms with van der Waals surface area (Å²) in [5.41, 5.74) is 1.54. The van der Waals surface area contributed by atoms with Crippen LogP contribution in [0.1, 0.15) is 18.4 Å². The van der Waals surface area contributed by atoms with Gasteiger partial charge >= 0.3 is 6.18 Å². The molecule has 2 aliphatic rings. The van der Waals surface area contributed by atoms with Gasteiger partial charge in [-0.25, -0.2) is 0 Å². The molecule has 1 aromatic carbocycles. The summed E-state index contributed by atoms with van der Waals surface area (Å²) in [4.78, 5) is 19.8. The molecule has 0 atom stereocenters. The number of nitrogens with zero attached hydrogens (tertiary/aromatic N) is 3. The number of anilines is 1. The molecule has 1 fully saturated rings. The molecule has 1 amide bonds. The average molecular weight is 325 g/mol. The van der Waals surface area contributed by atoms with E-state index in [9.17, 15) is 18.0 Å². The Kier molecular flexibility index (Phi) is 4.04.